The molecule has 0 bridgehead atoms. The molecule has 1 N–H and O–H groups in total. The summed E-state index contributed by atoms with van der Waals surface area (Å²) in [7, 11) is 0. The number of aryl methyl sites for hydroxylation is 1. The van der Waals surface area contributed by atoms with E-state index in [4.69, 9.17) is 16.0 Å². The topological polar surface area (TPSA) is 55.1 Å². The molecular formula is C17H11ClN2O2S. The average Bonchev–Trinajstić information content (AvgIpc) is 3.08. The second kappa shape index (κ2) is 5.37. The summed E-state index contributed by atoms with van der Waals surface area (Å²) in [6, 6.07) is 13.0. The Morgan fingerprint density at radius 3 is 2.91 bits per heavy atom. The number of anilines is 1. The molecule has 1 amide bonds. The number of para-hydroxylation sites is 1. The third kappa shape index (κ3) is 2.48. The number of nitrogens with one attached hydrogen (secondary N) is 1. The van der Waals surface area contributed by atoms with Crippen LogP contribution in [-0.2, 0) is 0 Å². The van der Waals surface area contributed by atoms with Crippen molar-refractivity contribution in [2.45, 2.75) is 6.92 Å². The molecular weight excluding hydrogens is 332 g/mol. The molecule has 0 aliphatic carbocycles. The standard InChI is InChI=1S/C17H11ClN2O2S/c1-9-11-4-2-3-5-13(11)22-15(9)16(21)20-17-19-12-7-6-10(18)8-14(12)23-17/h2-8H,1H3,(H,19,20,21). The number of carbonyl (C=O) groups is 1. The number of rotatable bonds is 2. The predicted molar refractivity (Wildman–Crippen MR) is 93.5 cm³/mol. The average molecular weight is 343 g/mol. The van der Waals surface area contributed by atoms with Gasteiger partial charge in [0.15, 0.2) is 10.9 Å². The van der Waals surface area contributed by atoms with Crippen molar-refractivity contribution in [3.63, 3.8) is 0 Å². The SMILES string of the molecule is Cc1c(C(=O)Nc2nc3ccc(Cl)cc3s2)oc2ccccc12. The Labute approximate surface area is 140 Å². The van der Waals surface area contributed by atoms with Crippen LogP contribution < -0.4 is 5.32 Å². The monoisotopic (exact) mass is 342 g/mol. The first-order valence-electron chi connectivity index (χ1n) is 6.97. The Balaban J connectivity index is 1.69. The smallest absolute Gasteiger partial charge is 0.293 e. The highest BCUT2D eigenvalue weighted by atomic mass is 35.5. The van der Waals surface area contributed by atoms with Crippen LogP contribution in [-0.4, -0.2) is 10.9 Å². The van der Waals surface area contributed by atoms with Gasteiger partial charge in [-0.2, -0.15) is 0 Å². The molecule has 4 nitrogen and oxygen atoms in total. The molecule has 0 saturated heterocycles. The summed E-state index contributed by atoms with van der Waals surface area (Å²) in [5, 5.41) is 4.91. The minimum Gasteiger partial charge on any atom is -0.451 e. The number of hydrogen-bond donors (Lipinski definition) is 1. The molecule has 6 heteroatoms. The van der Waals surface area contributed by atoms with Gasteiger partial charge in [0.25, 0.3) is 5.91 Å². The molecule has 2 heterocycles. The van der Waals surface area contributed by atoms with E-state index in [2.05, 4.69) is 10.3 Å². The fourth-order valence-electron chi connectivity index (χ4n) is 2.50. The maximum absolute atomic E-state index is 12.5. The van der Waals surface area contributed by atoms with Gasteiger partial charge in [-0.1, -0.05) is 41.1 Å². The summed E-state index contributed by atoms with van der Waals surface area (Å²) in [6.45, 7) is 1.87. The van der Waals surface area contributed by atoms with Crippen molar-refractivity contribution in [2.24, 2.45) is 0 Å². The van der Waals surface area contributed by atoms with Gasteiger partial charge < -0.3 is 4.42 Å². The van der Waals surface area contributed by atoms with Crippen LogP contribution >= 0.6 is 22.9 Å². The molecule has 0 fully saturated rings. The molecule has 0 spiro atoms. The number of furan rings is 1. The largest absolute Gasteiger partial charge is 0.451 e. The zero-order chi connectivity index (χ0) is 16.0. The summed E-state index contributed by atoms with van der Waals surface area (Å²) in [5.74, 6) is 0.00680. The van der Waals surface area contributed by atoms with E-state index in [1.54, 1.807) is 6.07 Å². The summed E-state index contributed by atoms with van der Waals surface area (Å²) in [4.78, 5) is 16.9. The molecule has 0 aliphatic heterocycles. The minimum atomic E-state index is -0.302. The number of aromatic nitrogens is 1. The van der Waals surface area contributed by atoms with E-state index < -0.39 is 0 Å². The maximum atomic E-state index is 12.5. The summed E-state index contributed by atoms with van der Waals surface area (Å²) in [6.07, 6.45) is 0. The highest BCUT2D eigenvalue weighted by Crippen LogP contribution is 2.30. The second-order valence-electron chi connectivity index (χ2n) is 5.14. The number of carbonyl (C=O) groups excluding carboxylic acids is 1. The Hall–Kier alpha value is -2.37. The van der Waals surface area contributed by atoms with Gasteiger partial charge in [0.05, 0.1) is 10.2 Å². The van der Waals surface area contributed by atoms with Gasteiger partial charge in [-0.3, -0.25) is 10.1 Å². The van der Waals surface area contributed by atoms with E-state index in [0.29, 0.717) is 21.5 Å². The Morgan fingerprint density at radius 2 is 2.09 bits per heavy atom. The van der Waals surface area contributed by atoms with Crippen molar-refractivity contribution in [3.05, 3.63) is 58.8 Å². The maximum Gasteiger partial charge on any atom is 0.293 e. The highest BCUT2D eigenvalue weighted by Gasteiger charge is 2.18. The normalized spacial score (nSPS) is 11.2. The fourth-order valence-corrected chi connectivity index (χ4v) is 3.63. The lowest BCUT2D eigenvalue weighted by Crippen LogP contribution is -2.11. The van der Waals surface area contributed by atoms with Crippen LogP contribution in [0.4, 0.5) is 5.13 Å². The molecule has 0 saturated carbocycles. The highest BCUT2D eigenvalue weighted by molar-refractivity contribution is 7.22. The van der Waals surface area contributed by atoms with E-state index >= 15 is 0 Å². The van der Waals surface area contributed by atoms with Crippen molar-refractivity contribution < 1.29 is 9.21 Å². The second-order valence-corrected chi connectivity index (χ2v) is 6.60. The lowest BCUT2D eigenvalue weighted by molar-refractivity contribution is 0.0998. The van der Waals surface area contributed by atoms with Gasteiger partial charge in [-0.25, -0.2) is 4.98 Å². The molecule has 2 aromatic carbocycles. The predicted octanol–water partition coefficient (Wildman–Crippen LogP) is 5.26. The van der Waals surface area contributed by atoms with Crippen LogP contribution in [0, 0.1) is 6.92 Å². The van der Waals surface area contributed by atoms with Crippen molar-refractivity contribution in [3.8, 4) is 0 Å². The third-order valence-electron chi connectivity index (χ3n) is 3.62. The van der Waals surface area contributed by atoms with Gasteiger partial charge >= 0.3 is 0 Å². The Kier molecular flexibility index (Phi) is 3.32. The quantitative estimate of drug-likeness (QED) is 0.540. The number of fused-ring (bicyclic) bond motifs is 2. The van der Waals surface area contributed by atoms with Crippen molar-refractivity contribution in [2.75, 3.05) is 5.32 Å². The van der Waals surface area contributed by atoms with Crippen LogP contribution in [0.5, 0.6) is 0 Å². The zero-order valence-corrected chi connectivity index (χ0v) is 13.7. The molecule has 114 valence electrons. The lowest BCUT2D eigenvalue weighted by atomic mass is 10.1. The first kappa shape index (κ1) is 14.2. The number of thiazole rings is 1. The van der Waals surface area contributed by atoms with Crippen LogP contribution in [0.2, 0.25) is 5.02 Å². The molecule has 0 atom stereocenters. The number of hydrogen-bond acceptors (Lipinski definition) is 4. The number of amides is 1. The third-order valence-corrected chi connectivity index (χ3v) is 4.79. The number of nitrogens with zero attached hydrogens (tertiary/aromatic N) is 1. The Morgan fingerprint density at radius 1 is 1.26 bits per heavy atom. The Bertz CT molecular complexity index is 1050. The van der Waals surface area contributed by atoms with E-state index in [0.717, 1.165) is 21.2 Å². The minimum absolute atomic E-state index is 0.302. The molecule has 0 unspecified atom stereocenters. The zero-order valence-electron chi connectivity index (χ0n) is 12.1. The molecule has 0 aliphatic rings. The van der Waals surface area contributed by atoms with E-state index in [-0.39, 0.29) is 5.91 Å². The van der Waals surface area contributed by atoms with Crippen LogP contribution in [0.1, 0.15) is 16.1 Å². The van der Waals surface area contributed by atoms with Gasteiger partial charge in [-0.05, 0) is 31.2 Å². The van der Waals surface area contributed by atoms with Gasteiger partial charge in [0.2, 0.25) is 0 Å². The summed E-state index contributed by atoms with van der Waals surface area (Å²) >= 11 is 7.35. The van der Waals surface area contributed by atoms with Crippen molar-refractivity contribution in [1.82, 2.24) is 4.98 Å². The first-order chi connectivity index (χ1) is 11.1. The fraction of sp³-hybridized carbons (Fsp3) is 0.0588. The number of halogens is 1. The van der Waals surface area contributed by atoms with E-state index in [1.165, 1.54) is 11.3 Å². The molecule has 23 heavy (non-hydrogen) atoms. The van der Waals surface area contributed by atoms with E-state index in [9.17, 15) is 4.79 Å². The lowest BCUT2D eigenvalue weighted by Gasteiger charge is -1.98. The molecule has 4 aromatic rings. The van der Waals surface area contributed by atoms with Crippen LogP contribution in [0.25, 0.3) is 21.2 Å². The summed E-state index contributed by atoms with van der Waals surface area (Å²) in [5.41, 5.74) is 2.32. The van der Waals surface area contributed by atoms with Gasteiger partial charge in [0, 0.05) is 16.0 Å². The van der Waals surface area contributed by atoms with E-state index in [1.807, 2.05) is 43.3 Å². The first-order valence-corrected chi connectivity index (χ1v) is 8.17. The van der Waals surface area contributed by atoms with Gasteiger partial charge in [-0.15, -0.1) is 0 Å². The number of benzene rings is 2. The van der Waals surface area contributed by atoms with Crippen molar-refractivity contribution in [1.29, 1.82) is 0 Å². The molecule has 4 rings (SSSR count). The van der Waals surface area contributed by atoms with Gasteiger partial charge in [0.1, 0.15) is 5.58 Å². The molecule has 0 radical (unpaired) electrons. The van der Waals surface area contributed by atoms with Crippen molar-refractivity contribution >= 4 is 55.2 Å². The molecule has 2 aromatic heterocycles. The van der Waals surface area contributed by atoms with Crippen LogP contribution in [0.3, 0.4) is 0 Å². The van der Waals surface area contributed by atoms with Crippen LogP contribution in [0.15, 0.2) is 46.9 Å². The summed E-state index contributed by atoms with van der Waals surface area (Å²) < 4.78 is 6.59.